The fourth-order valence-electron chi connectivity index (χ4n) is 2.49. The van der Waals surface area contributed by atoms with E-state index in [4.69, 9.17) is 4.74 Å². The van der Waals surface area contributed by atoms with Gasteiger partial charge in [0.05, 0.1) is 0 Å². The molecular formula is C18H13NO. The lowest BCUT2D eigenvalue weighted by Crippen LogP contribution is -1.84. The zero-order chi connectivity index (χ0) is 13.4. The molecule has 1 aromatic heterocycles. The van der Waals surface area contributed by atoms with Gasteiger partial charge >= 0.3 is 0 Å². The summed E-state index contributed by atoms with van der Waals surface area (Å²) in [4.78, 5) is 3.04. The summed E-state index contributed by atoms with van der Waals surface area (Å²) in [7, 11) is 0. The summed E-state index contributed by atoms with van der Waals surface area (Å²) in [6.07, 6.45) is 1.85. The molecule has 0 unspecified atom stereocenters. The highest BCUT2D eigenvalue weighted by atomic mass is 16.5. The van der Waals surface area contributed by atoms with Crippen molar-refractivity contribution in [2.75, 3.05) is 0 Å². The molecule has 4 rings (SSSR count). The van der Waals surface area contributed by atoms with Crippen molar-refractivity contribution >= 4 is 21.5 Å². The molecule has 2 heteroatoms. The lowest BCUT2D eigenvalue weighted by molar-refractivity contribution is 0.467. The second kappa shape index (κ2) is 4.42. The van der Waals surface area contributed by atoms with E-state index < -0.39 is 0 Å². The minimum absolute atomic E-state index is 0.755. The second-order valence-corrected chi connectivity index (χ2v) is 4.84. The van der Waals surface area contributed by atoms with Gasteiger partial charge in [0, 0.05) is 12.3 Å². The lowest BCUT2D eigenvalue weighted by Gasteiger charge is -2.06. The van der Waals surface area contributed by atoms with Crippen LogP contribution in [0.2, 0.25) is 0 Å². The Bertz CT molecular complexity index is 878. The molecule has 1 heterocycles. The fourth-order valence-corrected chi connectivity index (χ4v) is 2.49. The van der Waals surface area contributed by atoms with Gasteiger partial charge in [0.25, 0.3) is 0 Å². The van der Waals surface area contributed by atoms with Gasteiger partial charge in [-0.05, 0) is 51.9 Å². The maximum absolute atomic E-state index is 5.78. The molecule has 0 amide bonds. The molecule has 0 spiro atoms. The van der Waals surface area contributed by atoms with E-state index in [1.807, 2.05) is 24.4 Å². The number of ether oxygens (including phenoxy) is 1. The molecule has 0 aliphatic rings. The van der Waals surface area contributed by atoms with Crippen LogP contribution in [0, 0.1) is 0 Å². The summed E-state index contributed by atoms with van der Waals surface area (Å²) in [5.74, 6) is 1.60. The first-order chi connectivity index (χ1) is 9.88. The molecule has 0 fully saturated rings. The third-order valence-electron chi connectivity index (χ3n) is 3.47. The van der Waals surface area contributed by atoms with Gasteiger partial charge in [0.1, 0.15) is 5.75 Å². The third-order valence-corrected chi connectivity index (χ3v) is 3.47. The van der Waals surface area contributed by atoms with Crippen LogP contribution in [0.15, 0.2) is 72.9 Å². The maximum atomic E-state index is 5.78. The number of aromatic nitrogens is 1. The number of benzene rings is 3. The molecule has 1 N–H and O–H groups in total. The predicted octanol–water partition coefficient (Wildman–Crippen LogP) is 5.11. The van der Waals surface area contributed by atoms with Crippen molar-refractivity contribution in [3.63, 3.8) is 0 Å². The summed E-state index contributed by atoms with van der Waals surface area (Å²) < 4.78 is 5.78. The van der Waals surface area contributed by atoms with Crippen molar-refractivity contribution in [3.05, 3.63) is 72.9 Å². The van der Waals surface area contributed by atoms with E-state index in [9.17, 15) is 0 Å². The van der Waals surface area contributed by atoms with Crippen LogP contribution in [0.3, 0.4) is 0 Å². The first-order valence-electron chi connectivity index (χ1n) is 6.62. The van der Waals surface area contributed by atoms with Gasteiger partial charge in [0.15, 0.2) is 5.88 Å². The van der Waals surface area contributed by atoms with E-state index in [0.29, 0.717) is 0 Å². The largest absolute Gasteiger partial charge is 0.441 e. The molecule has 0 radical (unpaired) electrons. The molecule has 20 heavy (non-hydrogen) atoms. The van der Waals surface area contributed by atoms with E-state index in [0.717, 1.165) is 11.6 Å². The minimum atomic E-state index is 0.755. The van der Waals surface area contributed by atoms with Gasteiger partial charge in [-0.3, -0.25) is 0 Å². The monoisotopic (exact) mass is 259 g/mol. The number of hydrogen-bond acceptors (Lipinski definition) is 1. The lowest BCUT2D eigenvalue weighted by atomic mass is 10.0. The highest BCUT2D eigenvalue weighted by Gasteiger charge is 2.01. The highest BCUT2D eigenvalue weighted by molar-refractivity contribution is 5.98. The summed E-state index contributed by atoms with van der Waals surface area (Å²) in [5, 5.41) is 4.92. The molecule has 4 aromatic rings. The Labute approximate surface area is 116 Å². The van der Waals surface area contributed by atoms with Crippen LogP contribution < -0.4 is 4.74 Å². The molecular weight excluding hydrogens is 246 g/mol. The fraction of sp³-hybridized carbons (Fsp3) is 0. The van der Waals surface area contributed by atoms with Crippen LogP contribution in [-0.2, 0) is 0 Å². The van der Waals surface area contributed by atoms with Gasteiger partial charge in [-0.2, -0.15) is 0 Å². The predicted molar refractivity (Wildman–Crippen MR) is 82.3 cm³/mol. The number of fused-ring (bicyclic) bond motifs is 2. The van der Waals surface area contributed by atoms with Crippen molar-refractivity contribution in [1.82, 2.24) is 4.98 Å². The van der Waals surface area contributed by atoms with Crippen LogP contribution in [-0.4, -0.2) is 4.98 Å². The Morgan fingerprint density at radius 3 is 2.15 bits per heavy atom. The Morgan fingerprint density at radius 2 is 1.40 bits per heavy atom. The average Bonchev–Trinajstić information content (AvgIpc) is 2.98. The quantitative estimate of drug-likeness (QED) is 0.497. The number of nitrogens with one attached hydrogen (secondary N) is 1. The summed E-state index contributed by atoms with van der Waals surface area (Å²) >= 11 is 0. The average molecular weight is 259 g/mol. The van der Waals surface area contributed by atoms with Crippen molar-refractivity contribution in [2.45, 2.75) is 0 Å². The molecule has 2 nitrogen and oxygen atoms in total. The maximum Gasteiger partial charge on any atom is 0.197 e. The zero-order valence-corrected chi connectivity index (χ0v) is 10.8. The number of H-pyrrole nitrogens is 1. The van der Waals surface area contributed by atoms with E-state index in [1.54, 1.807) is 0 Å². The molecule has 0 saturated carbocycles. The minimum Gasteiger partial charge on any atom is -0.441 e. The smallest absolute Gasteiger partial charge is 0.197 e. The van der Waals surface area contributed by atoms with Crippen LogP contribution in [0.1, 0.15) is 0 Å². The highest BCUT2D eigenvalue weighted by Crippen LogP contribution is 2.28. The molecule has 3 aromatic carbocycles. The molecule has 0 saturated heterocycles. The zero-order valence-electron chi connectivity index (χ0n) is 10.8. The van der Waals surface area contributed by atoms with Gasteiger partial charge in [-0.25, -0.2) is 0 Å². The standard InChI is InChI=1S/C18H13NO/c1-2-5-14-11-16-12-17(20-18-6-3-9-19-18)8-7-15(16)10-13(14)4-1/h1-12,19H. The number of aromatic amines is 1. The third kappa shape index (κ3) is 1.91. The second-order valence-electron chi connectivity index (χ2n) is 4.84. The molecule has 0 atom stereocenters. The van der Waals surface area contributed by atoms with Crippen LogP contribution in [0.25, 0.3) is 21.5 Å². The Balaban J connectivity index is 1.83. The normalized spacial score (nSPS) is 11.0. The van der Waals surface area contributed by atoms with Crippen molar-refractivity contribution in [3.8, 4) is 11.6 Å². The Morgan fingerprint density at radius 1 is 0.650 bits per heavy atom. The van der Waals surface area contributed by atoms with Gasteiger partial charge < -0.3 is 9.72 Å². The molecule has 0 bridgehead atoms. The summed E-state index contributed by atoms with van der Waals surface area (Å²) in [6.45, 7) is 0. The topological polar surface area (TPSA) is 25.0 Å². The van der Waals surface area contributed by atoms with Gasteiger partial charge in [-0.1, -0.05) is 30.3 Å². The summed E-state index contributed by atoms with van der Waals surface area (Å²) in [6, 6.07) is 22.8. The first kappa shape index (κ1) is 11.1. The molecule has 0 aliphatic carbocycles. The van der Waals surface area contributed by atoms with Crippen molar-refractivity contribution < 1.29 is 4.74 Å². The van der Waals surface area contributed by atoms with E-state index in [1.165, 1.54) is 21.5 Å². The van der Waals surface area contributed by atoms with Crippen LogP contribution in [0.5, 0.6) is 11.6 Å². The van der Waals surface area contributed by atoms with Crippen LogP contribution in [0.4, 0.5) is 0 Å². The SMILES string of the molecule is c1c[nH]c(Oc2ccc3cc4ccccc4cc3c2)c1. The number of hydrogen-bond donors (Lipinski definition) is 1. The first-order valence-corrected chi connectivity index (χ1v) is 6.62. The molecule has 0 aliphatic heterocycles. The van der Waals surface area contributed by atoms with Gasteiger partial charge in [-0.15, -0.1) is 0 Å². The summed E-state index contributed by atoms with van der Waals surface area (Å²) in [5.41, 5.74) is 0. The van der Waals surface area contributed by atoms with E-state index in [-0.39, 0.29) is 0 Å². The van der Waals surface area contributed by atoms with Crippen LogP contribution >= 0.6 is 0 Å². The Hall–Kier alpha value is -2.74. The number of rotatable bonds is 2. The van der Waals surface area contributed by atoms with E-state index in [2.05, 4.69) is 53.5 Å². The van der Waals surface area contributed by atoms with E-state index >= 15 is 0 Å². The van der Waals surface area contributed by atoms with Gasteiger partial charge in [0.2, 0.25) is 0 Å². The Kier molecular flexibility index (Phi) is 2.46. The molecule has 96 valence electrons. The van der Waals surface area contributed by atoms with Crippen molar-refractivity contribution in [1.29, 1.82) is 0 Å². The van der Waals surface area contributed by atoms with Crippen molar-refractivity contribution in [2.24, 2.45) is 0 Å².